The zero-order chi connectivity index (χ0) is 25.7. The first-order valence-corrected chi connectivity index (χ1v) is 12.6. The molecule has 10 heteroatoms. The van der Waals surface area contributed by atoms with E-state index in [2.05, 4.69) is 27.9 Å². The van der Waals surface area contributed by atoms with Crippen LogP contribution in [0, 0.1) is 20.8 Å². The highest BCUT2D eigenvalue weighted by atomic mass is 32.1. The second-order valence-electron chi connectivity index (χ2n) is 8.00. The van der Waals surface area contributed by atoms with Crippen molar-refractivity contribution in [3.8, 4) is 0 Å². The molecule has 0 aliphatic heterocycles. The molecule has 2 N–H and O–H groups in total. The molecule has 0 unspecified atom stereocenters. The summed E-state index contributed by atoms with van der Waals surface area (Å²) in [5.41, 5.74) is 4.56. The molecular formula is C25H31N5O3S2. The molecule has 3 rings (SSSR count). The van der Waals surface area contributed by atoms with Gasteiger partial charge in [-0.25, -0.2) is 4.79 Å². The fourth-order valence-corrected chi connectivity index (χ4v) is 5.28. The van der Waals surface area contributed by atoms with Crippen molar-refractivity contribution < 1.29 is 14.3 Å². The molecule has 0 saturated carbocycles. The minimum absolute atomic E-state index is 0.122. The Morgan fingerprint density at radius 1 is 1.11 bits per heavy atom. The maximum atomic E-state index is 13.0. The van der Waals surface area contributed by atoms with E-state index >= 15 is 0 Å². The molecule has 0 fully saturated rings. The Labute approximate surface area is 215 Å². The van der Waals surface area contributed by atoms with Crippen molar-refractivity contribution in [1.82, 2.24) is 14.7 Å². The van der Waals surface area contributed by atoms with E-state index in [1.165, 1.54) is 18.4 Å². The molecule has 2 aromatic heterocycles. The largest absolute Gasteiger partial charge is 0.465 e. The van der Waals surface area contributed by atoms with Gasteiger partial charge in [-0.15, -0.1) is 11.3 Å². The van der Waals surface area contributed by atoms with E-state index in [4.69, 9.17) is 17.0 Å². The standard InChI is InChI=1S/C25H31N5O3S2/c1-7-29(8-2)23(31)21-15(3)19(24(32)33-6)22(35-21)27-25(34)26-20-16(4)28-30(17(20)5)14-18-12-10-9-11-13-18/h9-13H,7-8,14H2,1-6H3,(H2,26,27,34). The van der Waals surface area contributed by atoms with Crippen molar-refractivity contribution >= 4 is 51.2 Å². The second kappa shape index (κ2) is 11.5. The summed E-state index contributed by atoms with van der Waals surface area (Å²) in [6.45, 7) is 11.3. The molecule has 186 valence electrons. The number of amides is 1. The summed E-state index contributed by atoms with van der Waals surface area (Å²) in [4.78, 5) is 27.8. The molecule has 0 atom stereocenters. The third-order valence-electron chi connectivity index (χ3n) is 5.80. The maximum absolute atomic E-state index is 13.0. The number of carbonyl (C=O) groups excluding carboxylic acids is 2. The minimum atomic E-state index is -0.523. The van der Waals surface area contributed by atoms with Crippen LogP contribution in [0.2, 0.25) is 0 Å². The van der Waals surface area contributed by atoms with Gasteiger partial charge in [0.15, 0.2) is 5.11 Å². The van der Waals surface area contributed by atoms with Gasteiger partial charge in [0.1, 0.15) is 5.00 Å². The van der Waals surface area contributed by atoms with Crippen LogP contribution in [-0.2, 0) is 11.3 Å². The highest BCUT2D eigenvalue weighted by molar-refractivity contribution is 7.80. The summed E-state index contributed by atoms with van der Waals surface area (Å²) in [5, 5.41) is 11.7. The zero-order valence-electron chi connectivity index (χ0n) is 20.9. The van der Waals surface area contributed by atoms with E-state index in [1.807, 2.05) is 50.6 Å². The van der Waals surface area contributed by atoms with Crippen molar-refractivity contribution in [2.75, 3.05) is 30.8 Å². The molecule has 3 aromatic rings. The number of ether oxygens (including phenoxy) is 1. The van der Waals surface area contributed by atoms with Gasteiger partial charge in [0, 0.05) is 13.1 Å². The van der Waals surface area contributed by atoms with E-state index in [0.717, 1.165) is 22.6 Å². The van der Waals surface area contributed by atoms with Gasteiger partial charge >= 0.3 is 5.97 Å². The molecular weight excluding hydrogens is 482 g/mol. The fraction of sp³-hybridized carbons (Fsp3) is 0.360. The topological polar surface area (TPSA) is 88.5 Å². The summed E-state index contributed by atoms with van der Waals surface area (Å²) >= 11 is 6.77. The number of thiocarbonyl (C=S) groups is 1. The number of esters is 1. The van der Waals surface area contributed by atoms with Crippen LogP contribution in [0.3, 0.4) is 0 Å². The van der Waals surface area contributed by atoms with E-state index in [0.29, 0.717) is 45.8 Å². The number of nitrogens with zero attached hydrogens (tertiary/aromatic N) is 3. The van der Waals surface area contributed by atoms with E-state index in [9.17, 15) is 9.59 Å². The Morgan fingerprint density at radius 3 is 2.37 bits per heavy atom. The number of thiophene rings is 1. The zero-order valence-corrected chi connectivity index (χ0v) is 22.5. The average molecular weight is 514 g/mol. The molecule has 0 aliphatic carbocycles. The summed E-state index contributed by atoms with van der Waals surface area (Å²) in [5.74, 6) is -0.644. The number of benzene rings is 1. The Morgan fingerprint density at radius 2 is 1.77 bits per heavy atom. The van der Waals surface area contributed by atoms with Crippen molar-refractivity contribution in [1.29, 1.82) is 0 Å². The number of carbonyl (C=O) groups is 2. The number of methoxy groups -OCH3 is 1. The molecule has 1 aromatic carbocycles. The molecule has 1 amide bonds. The Hall–Kier alpha value is -3.24. The SMILES string of the molecule is CCN(CC)C(=O)c1sc(NC(=S)Nc2c(C)nn(Cc3ccccc3)c2C)c(C(=O)OC)c1C. The fourth-order valence-electron chi connectivity index (χ4n) is 3.84. The predicted molar refractivity (Wildman–Crippen MR) is 145 cm³/mol. The van der Waals surface area contributed by atoms with Crippen molar-refractivity contribution in [3.05, 3.63) is 63.3 Å². The van der Waals surface area contributed by atoms with Crippen LogP contribution in [0.4, 0.5) is 10.7 Å². The lowest BCUT2D eigenvalue weighted by atomic mass is 10.1. The number of anilines is 2. The first-order chi connectivity index (χ1) is 16.7. The molecule has 0 bridgehead atoms. The normalized spacial score (nSPS) is 10.7. The quantitative estimate of drug-likeness (QED) is 0.324. The molecule has 2 heterocycles. The number of rotatable bonds is 8. The highest BCUT2D eigenvalue weighted by Crippen LogP contribution is 2.35. The molecule has 8 nitrogen and oxygen atoms in total. The smallest absolute Gasteiger partial charge is 0.341 e. The van der Waals surface area contributed by atoms with Gasteiger partial charge in [0.25, 0.3) is 5.91 Å². The van der Waals surface area contributed by atoms with Crippen LogP contribution < -0.4 is 10.6 Å². The lowest BCUT2D eigenvalue weighted by Crippen LogP contribution is -2.30. The number of hydrogen-bond acceptors (Lipinski definition) is 6. The molecule has 0 aliphatic rings. The number of hydrogen-bond donors (Lipinski definition) is 2. The van der Waals surface area contributed by atoms with Gasteiger partial charge in [-0.05, 0) is 58.0 Å². The average Bonchev–Trinajstić information content (AvgIpc) is 3.30. The summed E-state index contributed by atoms with van der Waals surface area (Å²) in [7, 11) is 1.32. The van der Waals surface area contributed by atoms with Crippen molar-refractivity contribution in [2.24, 2.45) is 0 Å². The third-order valence-corrected chi connectivity index (χ3v) is 7.20. The highest BCUT2D eigenvalue weighted by Gasteiger charge is 2.27. The van der Waals surface area contributed by atoms with E-state index < -0.39 is 5.97 Å². The molecule has 0 radical (unpaired) electrons. The van der Waals surface area contributed by atoms with Gasteiger partial charge in [-0.2, -0.15) is 5.10 Å². The Bertz CT molecular complexity index is 1230. The minimum Gasteiger partial charge on any atom is -0.465 e. The summed E-state index contributed by atoms with van der Waals surface area (Å²) in [6, 6.07) is 10.1. The third kappa shape index (κ3) is 5.71. The molecule has 0 spiro atoms. The first-order valence-electron chi connectivity index (χ1n) is 11.4. The number of nitrogens with one attached hydrogen (secondary N) is 2. The van der Waals surface area contributed by atoms with Crippen molar-refractivity contribution in [2.45, 2.75) is 41.2 Å². The van der Waals surface area contributed by atoms with Crippen LogP contribution in [0.1, 0.15) is 56.4 Å². The van der Waals surface area contributed by atoms with Crippen LogP contribution in [0.15, 0.2) is 30.3 Å². The van der Waals surface area contributed by atoms with Crippen LogP contribution in [0.5, 0.6) is 0 Å². The van der Waals surface area contributed by atoms with Gasteiger partial charge in [0.05, 0.1) is 41.2 Å². The van der Waals surface area contributed by atoms with Gasteiger partial charge in [0.2, 0.25) is 0 Å². The van der Waals surface area contributed by atoms with E-state index in [1.54, 1.807) is 11.8 Å². The Kier molecular flexibility index (Phi) is 8.63. The summed E-state index contributed by atoms with van der Waals surface area (Å²) < 4.78 is 6.91. The van der Waals surface area contributed by atoms with Crippen molar-refractivity contribution in [3.63, 3.8) is 0 Å². The van der Waals surface area contributed by atoms with Gasteiger partial charge < -0.3 is 20.3 Å². The first kappa shape index (κ1) is 26.4. The monoisotopic (exact) mass is 513 g/mol. The van der Waals surface area contributed by atoms with Crippen LogP contribution in [-0.4, -0.2) is 51.9 Å². The lowest BCUT2D eigenvalue weighted by Gasteiger charge is -2.18. The Balaban J connectivity index is 1.85. The van der Waals surface area contributed by atoms with Crippen LogP contribution >= 0.6 is 23.6 Å². The molecule has 0 saturated heterocycles. The summed E-state index contributed by atoms with van der Waals surface area (Å²) in [6.07, 6.45) is 0. The molecule has 35 heavy (non-hydrogen) atoms. The number of aromatic nitrogens is 2. The van der Waals surface area contributed by atoms with E-state index in [-0.39, 0.29) is 5.91 Å². The predicted octanol–water partition coefficient (Wildman–Crippen LogP) is 5.00. The lowest BCUT2D eigenvalue weighted by molar-refractivity contribution is 0.0601. The number of aryl methyl sites for hydroxylation is 1. The van der Waals surface area contributed by atoms with Gasteiger partial charge in [-0.1, -0.05) is 30.3 Å². The van der Waals surface area contributed by atoms with Crippen LogP contribution in [0.25, 0.3) is 0 Å². The second-order valence-corrected chi connectivity index (χ2v) is 9.43. The van der Waals surface area contributed by atoms with Gasteiger partial charge in [-0.3, -0.25) is 9.48 Å². The maximum Gasteiger partial charge on any atom is 0.341 e.